The Kier molecular flexibility index (Phi) is 8.17. The van der Waals surface area contributed by atoms with E-state index < -0.39 is 6.04 Å². The number of amides is 2. The Hall–Kier alpha value is -2.04. The Bertz CT molecular complexity index is 859. The van der Waals surface area contributed by atoms with Crippen molar-refractivity contribution in [2.24, 2.45) is 5.92 Å². The van der Waals surface area contributed by atoms with Gasteiger partial charge in [-0.3, -0.25) is 9.59 Å². The molecule has 30 heavy (non-hydrogen) atoms. The minimum Gasteiger partial charge on any atom is -0.351 e. The highest BCUT2D eigenvalue weighted by Crippen LogP contribution is 2.31. The van der Waals surface area contributed by atoms with Crippen molar-refractivity contribution < 1.29 is 9.59 Å². The molecule has 1 aliphatic rings. The summed E-state index contributed by atoms with van der Waals surface area (Å²) in [5.74, 6) is -0.324. The van der Waals surface area contributed by atoms with Crippen LogP contribution < -0.4 is 5.32 Å². The Morgan fingerprint density at radius 3 is 2.40 bits per heavy atom. The molecule has 160 valence electrons. The lowest BCUT2D eigenvalue weighted by molar-refractivity contribution is -0.140. The van der Waals surface area contributed by atoms with Crippen molar-refractivity contribution in [3.8, 4) is 0 Å². The number of nitrogens with one attached hydrogen (secondary N) is 1. The predicted molar refractivity (Wildman–Crippen MR) is 121 cm³/mol. The minimum absolute atomic E-state index is 0.0981. The molecular formula is C24H28Cl2N2O2. The third kappa shape index (κ3) is 5.55. The molecule has 0 unspecified atom stereocenters. The lowest BCUT2D eigenvalue weighted by Crippen LogP contribution is -2.49. The Morgan fingerprint density at radius 1 is 1.07 bits per heavy atom. The van der Waals surface area contributed by atoms with Crippen LogP contribution in [0.15, 0.2) is 54.6 Å². The summed E-state index contributed by atoms with van der Waals surface area (Å²) in [5, 5.41) is 3.66. The number of nitrogens with zero attached hydrogens (tertiary/aromatic N) is 1. The zero-order valence-electron chi connectivity index (χ0n) is 17.2. The summed E-state index contributed by atoms with van der Waals surface area (Å²) in [6, 6.07) is 16.0. The number of rotatable bonds is 7. The first-order valence-corrected chi connectivity index (χ1v) is 11.4. The maximum Gasteiger partial charge on any atom is 0.247 e. The molecule has 2 aromatic carbocycles. The molecule has 0 heterocycles. The van der Waals surface area contributed by atoms with Crippen molar-refractivity contribution in [3.05, 3.63) is 70.7 Å². The van der Waals surface area contributed by atoms with Crippen LogP contribution in [0.2, 0.25) is 5.02 Å². The summed E-state index contributed by atoms with van der Waals surface area (Å²) in [7, 11) is 0. The van der Waals surface area contributed by atoms with Crippen LogP contribution >= 0.6 is 23.2 Å². The molecule has 0 aliphatic heterocycles. The van der Waals surface area contributed by atoms with E-state index in [-0.39, 0.29) is 30.3 Å². The Balaban J connectivity index is 1.96. The van der Waals surface area contributed by atoms with Gasteiger partial charge in [0.15, 0.2) is 0 Å². The lowest BCUT2D eigenvalue weighted by Gasteiger charge is -2.35. The largest absolute Gasteiger partial charge is 0.351 e. The first kappa shape index (κ1) is 22.6. The van der Waals surface area contributed by atoms with E-state index in [4.69, 9.17) is 23.2 Å². The van der Waals surface area contributed by atoms with Crippen LogP contribution in [0.25, 0.3) is 0 Å². The van der Waals surface area contributed by atoms with Crippen molar-refractivity contribution in [2.75, 3.05) is 5.88 Å². The number of benzene rings is 2. The van der Waals surface area contributed by atoms with E-state index >= 15 is 0 Å². The number of carbonyl (C=O) groups excluding carboxylic acids is 2. The van der Waals surface area contributed by atoms with Gasteiger partial charge in [-0.15, -0.1) is 11.6 Å². The van der Waals surface area contributed by atoms with Gasteiger partial charge in [-0.1, -0.05) is 79.9 Å². The second-order valence-corrected chi connectivity index (χ2v) is 8.62. The van der Waals surface area contributed by atoms with E-state index in [0.717, 1.165) is 24.8 Å². The molecule has 2 aromatic rings. The molecule has 4 nitrogen and oxygen atoms in total. The minimum atomic E-state index is -0.848. The maximum atomic E-state index is 13.6. The highest BCUT2D eigenvalue weighted by Gasteiger charge is 2.34. The maximum absolute atomic E-state index is 13.6. The zero-order valence-corrected chi connectivity index (χ0v) is 18.7. The van der Waals surface area contributed by atoms with Gasteiger partial charge in [-0.2, -0.15) is 0 Å². The van der Waals surface area contributed by atoms with Crippen LogP contribution in [0, 0.1) is 5.92 Å². The molecule has 0 aromatic heterocycles. The molecule has 0 saturated heterocycles. The van der Waals surface area contributed by atoms with E-state index in [2.05, 4.69) is 12.2 Å². The summed E-state index contributed by atoms with van der Waals surface area (Å²) in [5.41, 5.74) is 1.53. The van der Waals surface area contributed by atoms with Gasteiger partial charge in [0.25, 0.3) is 0 Å². The average Bonchev–Trinajstić information content (AvgIpc) is 2.76. The fourth-order valence-electron chi connectivity index (χ4n) is 4.12. The van der Waals surface area contributed by atoms with Crippen molar-refractivity contribution in [3.63, 3.8) is 0 Å². The molecule has 1 aliphatic carbocycles. The van der Waals surface area contributed by atoms with Gasteiger partial charge in [0.1, 0.15) is 11.9 Å². The van der Waals surface area contributed by atoms with E-state index in [1.165, 1.54) is 11.3 Å². The predicted octanol–water partition coefficient (Wildman–Crippen LogP) is 5.34. The number of carbonyl (C=O) groups is 2. The SMILES string of the molecule is C[C@@H]1CCCC[C@H]1NC(=O)[C@H](c1ccccc1Cl)N(Cc1ccccc1)C(=O)CCl. The molecule has 0 radical (unpaired) electrons. The van der Waals surface area contributed by atoms with Crippen LogP contribution in [-0.4, -0.2) is 28.6 Å². The van der Waals surface area contributed by atoms with Gasteiger partial charge in [0.05, 0.1) is 0 Å². The van der Waals surface area contributed by atoms with Gasteiger partial charge in [0.2, 0.25) is 11.8 Å². The third-order valence-corrected chi connectivity index (χ3v) is 6.40. The third-order valence-electron chi connectivity index (χ3n) is 5.83. The smallest absolute Gasteiger partial charge is 0.247 e. The van der Waals surface area contributed by atoms with Gasteiger partial charge in [-0.05, 0) is 30.4 Å². The van der Waals surface area contributed by atoms with E-state index in [9.17, 15) is 9.59 Å². The molecule has 1 fully saturated rings. The molecule has 3 atom stereocenters. The van der Waals surface area contributed by atoms with Crippen LogP contribution in [-0.2, 0) is 16.1 Å². The molecule has 0 bridgehead atoms. The fourth-order valence-corrected chi connectivity index (χ4v) is 4.51. The van der Waals surface area contributed by atoms with Crippen LogP contribution in [0.4, 0.5) is 0 Å². The van der Waals surface area contributed by atoms with Gasteiger partial charge < -0.3 is 10.2 Å². The molecule has 6 heteroatoms. The highest BCUT2D eigenvalue weighted by molar-refractivity contribution is 6.31. The molecule has 1 saturated carbocycles. The summed E-state index contributed by atoms with van der Waals surface area (Å²) in [4.78, 5) is 28.0. The van der Waals surface area contributed by atoms with E-state index in [0.29, 0.717) is 16.5 Å². The summed E-state index contributed by atoms with van der Waals surface area (Å²) in [6.07, 6.45) is 4.33. The van der Waals surface area contributed by atoms with E-state index in [1.54, 1.807) is 12.1 Å². The van der Waals surface area contributed by atoms with Crippen molar-refractivity contribution in [2.45, 2.75) is 51.2 Å². The van der Waals surface area contributed by atoms with Crippen molar-refractivity contribution in [1.82, 2.24) is 10.2 Å². The summed E-state index contributed by atoms with van der Waals surface area (Å²) in [6.45, 7) is 2.44. The topological polar surface area (TPSA) is 49.4 Å². The standard InChI is InChI=1S/C24H28Cl2N2O2/c1-17-9-5-8-14-21(17)27-24(30)23(19-12-6-7-13-20(19)26)28(22(29)15-25)16-18-10-3-2-4-11-18/h2-4,6-7,10-13,17,21,23H,5,8-9,14-16H2,1H3,(H,27,30)/t17-,21-,23+/m1/s1. The fraction of sp³-hybridized carbons (Fsp3) is 0.417. The monoisotopic (exact) mass is 446 g/mol. The van der Waals surface area contributed by atoms with Gasteiger partial charge in [-0.25, -0.2) is 0 Å². The molecule has 0 spiro atoms. The summed E-state index contributed by atoms with van der Waals surface area (Å²) < 4.78 is 0. The quantitative estimate of drug-likeness (QED) is 0.583. The van der Waals surface area contributed by atoms with Crippen molar-refractivity contribution >= 4 is 35.0 Å². The first-order chi connectivity index (χ1) is 14.5. The van der Waals surface area contributed by atoms with E-state index in [1.807, 2.05) is 42.5 Å². The van der Waals surface area contributed by atoms with Crippen LogP contribution in [0.5, 0.6) is 0 Å². The van der Waals surface area contributed by atoms with Gasteiger partial charge in [0, 0.05) is 23.2 Å². The number of hydrogen-bond donors (Lipinski definition) is 1. The Morgan fingerprint density at radius 2 is 1.73 bits per heavy atom. The average molecular weight is 447 g/mol. The second-order valence-electron chi connectivity index (χ2n) is 7.94. The van der Waals surface area contributed by atoms with Crippen molar-refractivity contribution in [1.29, 1.82) is 0 Å². The van der Waals surface area contributed by atoms with Crippen LogP contribution in [0.3, 0.4) is 0 Å². The number of alkyl halides is 1. The number of hydrogen-bond acceptors (Lipinski definition) is 2. The van der Waals surface area contributed by atoms with Crippen LogP contribution in [0.1, 0.15) is 49.8 Å². The second kappa shape index (κ2) is 10.8. The first-order valence-electron chi connectivity index (χ1n) is 10.5. The normalized spacial score (nSPS) is 19.7. The number of halogens is 2. The Labute approximate surface area is 188 Å². The summed E-state index contributed by atoms with van der Waals surface area (Å²) >= 11 is 12.4. The zero-order chi connectivity index (χ0) is 21.5. The molecule has 3 rings (SSSR count). The molecular weight excluding hydrogens is 419 g/mol. The van der Waals surface area contributed by atoms with Gasteiger partial charge >= 0.3 is 0 Å². The molecule has 1 N–H and O–H groups in total. The molecule has 2 amide bonds. The highest BCUT2D eigenvalue weighted by atomic mass is 35.5. The lowest BCUT2D eigenvalue weighted by atomic mass is 9.85.